The molecule has 1 aromatic heterocycles. The summed E-state index contributed by atoms with van der Waals surface area (Å²) in [5, 5.41) is 3.38. The van der Waals surface area contributed by atoms with Crippen LogP contribution in [-0.4, -0.2) is 30.4 Å². The van der Waals surface area contributed by atoms with Crippen molar-refractivity contribution in [2.24, 2.45) is 0 Å². The van der Waals surface area contributed by atoms with Gasteiger partial charge in [-0.3, -0.25) is 4.79 Å². The van der Waals surface area contributed by atoms with Gasteiger partial charge in [0.1, 0.15) is 11.5 Å². The highest BCUT2D eigenvalue weighted by molar-refractivity contribution is 9.11. The molecule has 0 aliphatic carbocycles. The van der Waals surface area contributed by atoms with Crippen molar-refractivity contribution in [1.82, 2.24) is 10.2 Å². The molecule has 1 aromatic carbocycles. The number of nitrogens with one attached hydrogen (secondary N) is 1. The maximum Gasteiger partial charge on any atom is 0.222 e. The summed E-state index contributed by atoms with van der Waals surface area (Å²) in [6.07, 6.45) is 2.69. The number of rotatable bonds is 7. The Morgan fingerprint density at radius 3 is 2.83 bits per heavy atom. The first-order chi connectivity index (χ1) is 11.6. The number of likely N-dealkylation sites (tertiary alicyclic amines) is 1. The Bertz CT molecular complexity index is 715. The Morgan fingerprint density at radius 2 is 2.08 bits per heavy atom. The number of halogens is 2. The topological polar surface area (TPSA) is 45.5 Å². The number of furan rings is 1. The second-order valence-electron chi connectivity index (χ2n) is 5.90. The van der Waals surface area contributed by atoms with Gasteiger partial charge < -0.3 is 14.6 Å². The van der Waals surface area contributed by atoms with Crippen molar-refractivity contribution in [1.29, 1.82) is 0 Å². The third-order valence-corrected chi connectivity index (χ3v) is 5.26. The molecule has 0 atom stereocenters. The van der Waals surface area contributed by atoms with Crippen molar-refractivity contribution < 1.29 is 9.21 Å². The lowest BCUT2D eigenvalue weighted by Gasteiger charge is -2.15. The first kappa shape index (κ1) is 17.7. The van der Waals surface area contributed by atoms with Gasteiger partial charge in [0.25, 0.3) is 0 Å². The van der Waals surface area contributed by atoms with Crippen LogP contribution >= 0.6 is 31.9 Å². The van der Waals surface area contributed by atoms with Crippen LogP contribution in [0.3, 0.4) is 0 Å². The summed E-state index contributed by atoms with van der Waals surface area (Å²) in [7, 11) is 0. The van der Waals surface area contributed by atoms with Crippen molar-refractivity contribution in [2.45, 2.75) is 25.8 Å². The van der Waals surface area contributed by atoms with Gasteiger partial charge in [-0.25, -0.2) is 0 Å². The normalized spacial score (nSPS) is 14.6. The van der Waals surface area contributed by atoms with Crippen molar-refractivity contribution >= 4 is 37.8 Å². The molecule has 24 heavy (non-hydrogen) atoms. The molecular formula is C18H20Br2N2O2. The lowest BCUT2D eigenvalue weighted by Crippen LogP contribution is -2.28. The van der Waals surface area contributed by atoms with E-state index in [1.165, 1.54) is 0 Å². The molecule has 1 saturated heterocycles. The fourth-order valence-corrected chi connectivity index (χ4v) is 4.10. The number of amides is 1. The molecule has 3 rings (SSSR count). The molecule has 1 aliphatic rings. The zero-order chi connectivity index (χ0) is 16.9. The molecule has 0 radical (unpaired) electrons. The summed E-state index contributed by atoms with van der Waals surface area (Å²) in [6, 6.07) is 10.0. The third kappa shape index (κ3) is 4.49. The molecule has 0 bridgehead atoms. The van der Waals surface area contributed by atoms with Crippen LogP contribution in [0.4, 0.5) is 0 Å². The number of hydrogen-bond acceptors (Lipinski definition) is 3. The van der Waals surface area contributed by atoms with Crippen LogP contribution in [-0.2, 0) is 11.3 Å². The first-order valence-electron chi connectivity index (χ1n) is 8.16. The summed E-state index contributed by atoms with van der Waals surface area (Å²) in [5.74, 6) is 2.07. The summed E-state index contributed by atoms with van der Waals surface area (Å²) >= 11 is 7.02. The monoisotopic (exact) mass is 454 g/mol. The van der Waals surface area contributed by atoms with Crippen molar-refractivity contribution in [3.63, 3.8) is 0 Å². The standard InChI is InChI=1S/C18H20Br2N2O2/c19-13-4-6-15(16(20)11-13)17-7-5-14(24-17)12-21-8-2-10-22-9-1-3-18(22)23/h4-7,11,21H,1-3,8-10,12H2. The molecule has 0 spiro atoms. The van der Waals surface area contributed by atoms with E-state index in [2.05, 4.69) is 37.2 Å². The van der Waals surface area contributed by atoms with E-state index in [1.54, 1.807) is 0 Å². The average molecular weight is 456 g/mol. The van der Waals surface area contributed by atoms with Gasteiger partial charge in [0.2, 0.25) is 5.91 Å². The van der Waals surface area contributed by atoms with Crippen LogP contribution in [0.15, 0.2) is 43.7 Å². The molecule has 2 heterocycles. The largest absolute Gasteiger partial charge is 0.460 e. The molecule has 6 heteroatoms. The van der Waals surface area contributed by atoms with E-state index >= 15 is 0 Å². The molecule has 0 unspecified atom stereocenters. The van der Waals surface area contributed by atoms with Crippen molar-refractivity contribution in [2.75, 3.05) is 19.6 Å². The van der Waals surface area contributed by atoms with Crippen LogP contribution in [0, 0.1) is 0 Å². The molecule has 2 aromatic rings. The molecule has 1 fully saturated rings. The number of carbonyl (C=O) groups excluding carboxylic acids is 1. The highest BCUT2D eigenvalue weighted by atomic mass is 79.9. The lowest BCUT2D eigenvalue weighted by molar-refractivity contribution is -0.127. The Kier molecular flexibility index (Phi) is 6.14. The lowest BCUT2D eigenvalue weighted by atomic mass is 10.2. The molecule has 0 saturated carbocycles. The summed E-state index contributed by atoms with van der Waals surface area (Å²) in [6.45, 7) is 3.34. The zero-order valence-electron chi connectivity index (χ0n) is 13.4. The van der Waals surface area contributed by atoms with Gasteiger partial charge in [0.15, 0.2) is 0 Å². The fraction of sp³-hybridized carbons (Fsp3) is 0.389. The minimum absolute atomic E-state index is 0.297. The van der Waals surface area contributed by atoms with Crippen LogP contribution in [0.1, 0.15) is 25.0 Å². The number of carbonyl (C=O) groups is 1. The fourth-order valence-electron chi connectivity index (χ4n) is 2.85. The zero-order valence-corrected chi connectivity index (χ0v) is 16.5. The predicted octanol–water partition coefficient (Wildman–Crippen LogP) is 4.57. The van der Waals surface area contributed by atoms with Crippen LogP contribution in [0.2, 0.25) is 0 Å². The van der Waals surface area contributed by atoms with Crippen LogP contribution < -0.4 is 5.32 Å². The Morgan fingerprint density at radius 1 is 1.21 bits per heavy atom. The van der Waals surface area contributed by atoms with Gasteiger partial charge in [0.05, 0.1) is 6.54 Å². The van der Waals surface area contributed by atoms with Crippen LogP contribution in [0.25, 0.3) is 11.3 Å². The number of benzene rings is 1. The average Bonchev–Trinajstić information content (AvgIpc) is 3.17. The molecule has 1 N–H and O–H groups in total. The van der Waals surface area contributed by atoms with Gasteiger partial charge in [-0.15, -0.1) is 0 Å². The second kappa shape index (κ2) is 8.32. The Labute approximate surface area is 158 Å². The van der Waals surface area contributed by atoms with Gasteiger partial charge in [-0.05, 0) is 65.6 Å². The van der Waals surface area contributed by atoms with E-state index in [1.807, 2.05) is 35.2 Å². The smallest absolute Gasteiger partial charge is 0.222 e. The van der Waals surface area contributed by atoms with Gasteiger partial charge in [-0.2, -0.15) is 0 Å². The SMILES string of the molecule is O=C1CCCN1CCCNCc1ccc(-c2ccc(Br)cc2Br)o1. The van der Waals surface area contributed by atoms with Crippen molar-refractivity contribution in [3.05, 3.63) is 45.0 Å². The van der Waals surface area contributed by atoms with Crippen molar-refractivity contribution in [3.8, 4) is 11.3 Å². The summed E-state index contributed by atoms with van der Waals surface area (Å²) < 4.78 is 7.95. The summed E-state index contributed by atoms with van der Waals surface area (Å²) in [5.41, 5.74) is 1.04. The Hall–Kier alpha value is -1.11. The highest BCUT2D eigenvalue weighted by Gasteiger charge is 2.18. The van der Waals surface area contributed by atoms with E-state index < -0.39 is 0 Å². The third-order valence-electron chi connectivity index (χ3n) is 4.11. The van der Waals surface area contributed by atoms with E-state index in [4.69, 9.17) is 4.42 Å². The van der Waals surface area contributed by atoms with Gasteiger partial charge in [0, 0.05) is 34.0 Å². The molecule has 128 valence electrons. The second-order valence-corrected chi connectivity index (χ2v) is 7.67. The van der Waals surface area contributed by atoms with Gasteiger partial charge >= 0.3 is 0 Å². The minimum atomic E-state index is 0.297. The molecule has 4 nitrogen and oxygen atoms in total. The van der Waals surface area contributed by atoms with E-state index in [9.17, 15) is 4.79 Å². The number of hydrogen-bond donors (Lipinski definition) is 1. The van der Waals surface area contributed by atoms with Crippen LogP contribution in [0.5, 0.6) is 0 Å². The first-order valence-corrected chi connectivity index (χ1v) is 9.75. The quantitative estimate of drug-likeness (QED) is 0.621. The maximum absolute atomic E-state index is 11.5. The summed E-state index contributed by atoms with van der Waals surface area (Å²) in [4.78, 5) is 13.5. The predicted molar refractivity (Wildman–Crippen MR) is 102 cm³/mol. The van der Waals surface area contributed by atoms with E-state index in [-0.39, 0.29) is 0 Å². The molecular weight excluding hydrogens is 436 g/mol. The molecule has 1 amide bonds. The Balaban J connectivity index is 1.45. The minimum Gasteiger partial charge on any atom is -0.460 e. The number of nitrogens with zero attached hydrogens (tertiary/aromatic N) is 1. The van der Waals surface area contributed by atoms with E-state index in [0.717, 1.165) is 58.5 Å². The highest BCUT2D eigenvalue weighted by Crippen LogP contribution is 2.31. The maximum atomic E-state index is 11.5. The van der Waals surface area contributed by atoms with E-state index in [0.29, 0.717) is 18.9 Å². The van der Waals surface area contributed by atoms with Gasteiger partial charge in [-0.1, -0.05) is 15.9 Å². The molecule has 1 aliphatic heterocycles.